The summed E-state index contributed by atoms with van der Waals surface area (Å²) in [6, 6.07) is 3.29. The van der Waals surface area contributed by atoms with Crippen molar-refractivity contribution in [2.24, 2.45) is 0 Å². The number of rotatable bonds is 6. The molecule has 102 valence electrons. The van der Waals surface area contributed by atoms with Gasteiger partial charge in [-0.05, 0) is 50.9 Å². The van der Waals surface area contributed by atoms with Gasteiger partial charge in [-0.25, -0.2) is 4.39 Å². The first-order valence-electron chi connectivity index (χ1n) is 6.50. The summed E-state index contributed by atoms with van der Waals surface area (Å²) in [6.07, 6.45) is 5.16. The van der Waals surface area contributed by atoms with Gasteiger partial charge in [0.2, 0.25) is 0 Å². The maximum absolute atomic E-state index is 12.8. The molecule has 19 heavy (non-hydrogen) atoms. The molecule has 5 heteroatoms. The number of pyridine rings is 1. The van der Waals surface area contributed by atoms with E-state index in [0.29, 0.717) is 0 Å². The Labute approximate surface area is 112 Å². The summed E-state index contributed by atoms with van der Waals surface area (Å²) >= 11 is 0. The van der Waals surface area contributed by atoms with Gasteiger partial charge in [-0.1, -0.05) is 0 Å². The summed E-state index contributed by atoms with van der Waals surface area (Å²) in [4.78, 5) is 4.07. The fraction of sp³-hybridized carbons (Fsp3) is 0.429. The molecule has 2 aromatic heterocycles. The highest BCUT2D eigenvalue weighted by atomic mass is 19.1. The van der Waals surface area contributed by atoms with Crippen LogP contribution in [0.2, 0.25) is 0 Å². The number of hydrogen-bond acceptors (Lipinski definition) is 3. The summed E-state index contributed by atoms with van der Waals surface area (Å²) in [7, 11) is 0. The molecule has 2 aromatic rings. The Bertz CT molecular complexity index is 506. The van der Waals surface area contributed by atoms with Crippen LogP contribution in [0.15, 0.2) is 24.5 Å². The number of nitrogens with one attached hydrogen (secondary N) is 2. The second-order valence-electron chi connectivity index (χ2n) is 4.70. The van der Waals surface area contributed by atoms with Crippen LogP contribution in [-0.4, -0.2) is 21.7 Å². The monoisotopic (exact) mass is 262 g/mol. The SMILES string of the molecule is Cc1[nH]ncc1CCCNC(C)c1ccc(F)cn1. The first-order chi connectivity index (χ1) is 9.16. The lowest BCUT2D eigenvalue weighted by Crippen LogP contribution is -2.21. The lowest BCUT2D eigenvalue weighted by Gasteiger charge is -2.12. The van der Waals surface area contributed by atoms with Gasteiger partial charge in [-0.2, -0.15) is 5.10 Å². The Hall–Kier alpha value is -1.75. The molecular weight excluding hydrogens is 243 g/mol. The van der Waals surface area contributed by atoms with Gasteiger partial charge < -0.3 is 5.32 Å². The van der Waals surface area contributed by atoms with Gasteiger partial charge in [-0.15, -0.1) is 0 Å². The summed E-state index contributed by atoms with van der Waals surface area (Å²) in [6.45, 7) is 4.95. The first-order valence-corrected chi connectivity index (χ1v) is 6.50. The molecule has 0 amide bonds. The van der Waals surface area contributed by atoms with Crippen LogP contribution < -0.4 is 5.32 Å². The second kappa shape index (κ2) is 6.43. The van der Waals surface area contributed by atoms with Crippen molar-refractivity contribution in [2.45, 2.75) is 32.7 Å². The minimum Gasteiger partial charge on any atom is -0.309 e. The predicted octanol–water partition coefficient (Wildman–Crippen LogP) is 2.54. The van der Waals surface area contributed by atoms with Gasteiger partial charge in [0.1, 0.15) is 5.82 Å². The standard InChI is InChI=1S/C14H19FN4/c1-10-12(8-18-19-10)4-3-7-16-11(2)14-6-5-13(15)9-17-14/h5-6,8-9,11,16H,3-4,7H2,1-2H3,(H,18,19). The van der Waals surface area contributed by atoms with Crippen LogP contribution in [0.4, 0.5) is 4.39 Å². The van der Waals surface area contributed by atoms with Gasteiger partial charge in [0.25, 0.3) is 0 Å². The zero-order chi connectivity index (χ0) is 13.7. The van der Waals surface area contributed by atoms with Crippen molar-refractivity contribution < 1.29 is 4.39 Å². The fourth-order valence-corrected chi connectivity index (χ4v) is 1.97. The maximum Gasteiger partial charge on any atom is 0.141 e. The van der Waals surface area contributed by atoms with Crippen LogP contribution >= 0.6 is 0 Å². The van der Waals surface area contributed by atoms with Crippen molar-refractivity contribution in [1.29, 1.82) is 0 Å². The van der Waals surface area contributed by atoms with Crippen molar-refractivity contribution in [3.05, 3.63) is 47.3 Å². The van der Waals surface area contributed by atoms with Gasteiger partial charge in [0.15, 0.2) is 0 Å². The number of nitrogens with zero attached hydrogens (tertiary/aromatic N) is 2. The van der Waals surface area contributed by atoms with E-state index < -0.39 is 0 Å². The number of aromatic nitrogens is 3. The van der Waals surface area contributed by atoms with Crippen LogP contribution in [-0.2, 0) is 6.42 Å². The molecule has 0 fully saturated rings. The van der Waals surface area contributed by atoms with Crippen LogP contribution in [0.1, 0.15) is 36.3 Å². The average molecular weight is 262 g/mol. The topological polar surface area (TPSA) is 53.6 Å². The third-order valence-electron chi connectivity index (χ3n) is 3.20. The van der Waals surface area contributed by atoms with E-state index in [9.17, 15) is 4.39 Å². The molecule has 0 aliphatic heterocycles. The molecule has 0 saturated carbocycles. The van der Waals surface area contributed by atoms with Gasteiger partial charge in [0.05, 0.1) is 18.1 Å². The van der Waals surface area contributed by atoms with Crippen molar-refractivity contribution >= 4 is 0 Å². The number of aromatic amines is 1. The van der Waals surface area contributed by atoms with Crippen LogP contribution in [0.25, 0.3) is 0 Å². The second-order valence-corrected chi connectivity index (χ2v) is 4.70. The number of H-pyrrole nitrogens is 1. The Morgan fingerprint density at radius 2 is 2.21 bits per heavy atom. The fourth-order valence-electron chi connectivity index (χ4n) is 1.97. The lowest BCUT2D eigenvalue weighted by atomic mass is 10.1. The molecule has 0 aliphatic carbocycles. The van der Waals surface area contributed by atoms with E-state index in [4.69, 9.17) is 0 Å². The molecule has 0 spiro atoms. The Morgan fingerprint density at radius 3 is 2.84 bits per heavy atom. The van der Waals surface area contributed by atoms with Crippen LogP contribution in [0, 0.1) is 12.7 Å². The largest absolute Gasteiger partial charge is 0.309 e. The van der Waals surface area contributed by atoms with Gasteiger partial charge in [0, 0.05) is 11.7 Å². The molecule has 1 unspecified atom stereocenters. The lowest BCUT2D eigenvalue weighted by molar-refractivity contribution is 0.542. The minimum atomic E-state index is -0.300. The third kappa shape index (κ3) is 3.86. The van der Waals surface area contributed by atoms with E-state index in [2.05, 4.69) is 20.5 Å². The highest BCUT2D eigenvalue weighted by molar-refractivity contribution is 5.14. The van der Waals surface area contributed by atoms with Crippen molar-refractivity contribution in [2.75, 3.05) is 6.54 Å². The van der Waals surface area contributed by atoms with E-state index in [1.54, 1.807) is 6.07 Å². The molecule has 0 saturated heterocycles. The Morgan fingerprint density at radius 1 is 1.37 bits per heavy atom. The molecule has 0 aliphatic rings. The third-order valence-corrected chi connectivity index (χ3v) is 3.20. The van der Waals surface area contributed by atoms with Gasteiger partial charge in [-0.3, -0.25) is 10.1 Å². The molecule has 2 rings (SSSR count). The average Bonchev–Trinajstić information content (AvgIpc) is 2.81. The molecule has 2 N–H and O–H groups in total. The highest BCUT2D eigenvalue weighted by Crippen LogP contribution is 2.10. The van der Waals surface area contributed by atoms with E-state index in [1.807, 2.05) is 20.0 Å². The van der Waals surface area contributed by atoms with Crippen molar-refractivity contribution in [3.63, 3.8) is 0 Å². The van der Waals surface area contributed by atoms with Gasteiger partial charge >= 0.3 is 0 Å². The number of halogens is 1. The van der Waals surface area contributed by atoms with Crippen LogP contribution in [0.3, 0.4) is 0 Å². The van der Waals surface area contributed by atoms with E-state index in [1.165, 1.54) is 17.8 Å². The first kappa shape index (κ1) is 13.7. The number of hydrogen-bond donors (Lipinski definition) is 2. The quantitative estimate of drug-likeness (QED) is 0.787. The van der Waals surface area contributed by atoms with Crippen molar-refractivity contribution in [1.82, 2.24) is 20.5 Å². The summed E-state index contributed by atoms with van der Waals surface area (Å²) in [5, 5.41) is 10.3. The van der Waals surface area contributed by atoms with E-state index in [0.717, 1.165) is 30.8 Å². The molecule has 0 radical (unpaired) electrons. The molecule has 2 heterocycles. The summed E-state index contributed by atoms with van der Waals surface area (Å²) in [5.74, 6) is -0.300. The molecule has 0 bridgehead atoms. The molecular formula is C14H19FN4. The zero-order valence-corrected chi connectivity index (χ0v) is 11.3. The maximum atomic E-state index is 12.8. The molecule has 4 nitrogen and oxygen atoms in total. The number of aryl methyl sites for hydroxylation is 2. The Kier molecular flexibility index (Phi) is 4.63. The smallest absolute Gasteiger partial charge is 0.141 e. The zero-order valence-electron chi connectivity index (χ0n) is 11.3. The van der Waals surface area contributed by atoms with E-state index in [-0.39, 0.29) is 11.9 Å². The minimum absolute atomic E-state index is 0.131. The van der Waals surface area contributed by atoms with E-state index >= 15 is 0 Å². The van der Waals surface area contributed by atoms with Crippen molar-refractivity contribution in [3.8, 4) is 0 Å². The normalized spacial score (nSPS) is 12.6. The molecule has 1 atom stereocenters. The Balaban J connectivity index is 1.73. The highest BCUT2D eigenvalue weighted by Gasteiger charge is 2.06. The predicted molar refractivity (Wildman–Crippen MR) is 72.3 cm³/mol. The summed E-state index contributed by atoms with van der Waals surface area (Å²) < 4.78 is 12.8. The molecule has 0 aromatic carbocycles. The summed E-state index contributed by atoms with van der Waals surface area (Å²) in [5.41, 5.74) is 3.25. The van der Waals surface area contributed by atoms with Crippen LogP contribution in [0.5, 0.6) is 0 Å².